The van der Waals surface area contributed by atoms with E-state index in [0.717, 1.165) is 5.56 Å². The molecule has 0 aromatic heterocycles. The van der Waals surface area contributed by atoms with E-state index < -0.39 is 6.10 Å². The molecule has 0 spiro atoms. The molecule has 1 aliphatic heterocycles. The maximum Gasteiger partial charge on any atom is 0.257 e. The Morgan fingerprint density at radius 2 is 2.25 bits per heavy atom. The summed E-state index contributed by atoms with van der Waals surface area (Å²) in [6, 6.07) is 11.1. The lowest BCUT2D eigenvalue weighted by Crippen LogP contribution is -2.23. The monoisotopic (exact) mass is 216 g/mol. The van der Waals surface area contributed by atoms with E-state index in [2.05, 4.69) is 0 Å². The van der Waals surface area contributed by atoms with Gasteiger partial charge in [-0.3, -0.25) is 4.79 Å². The summed E-state index contributed by atoms with van der Waals surface area (Å²) in [5, 5.41) is 8.67. The van der Waals surface area contributed by atoms with Crippen LogP contribution in [0.1, 0.15) is 11.7 Å². The molecule has 1 aromatic rings. The minimum atomic E-state index is -0.598. The van der Waals surface area contributed by atoms with Gasteiger partial charge in [0.15, 0.2) is 6.10 Å². The van der Waals surface area contributed by atoms with Crippen LogP contribution in [0.25, 0.3) is 0 Å². The number of hydrogen-bond acceptors (Lipinski definition) is 3. The van der Waals surface area contributed by atoms with Gasteiger partial charge < -0.3 is 9.64 Å². The van der Waals surface area contributed by atoms with Crippen molar-refractivity contribution in [3.8, 4) is 6.07 Å². The van der Waals surface area contributed by atoms with Gasteiger partial charge in [0.25, 0.3) is 5.91 Å². The van der Waals surface area contributed by atoms with Crippen LogP contribution in [0.2, 0.25) is 0 Å². The third-order valence-electron chi connectivity index (χ3n) is 2.61. The number of hydrogen-bond donors (Lipinski definition) is 0. The number of carbonyl (C=O) groups excluding carboxylic acids is 1. The van der Waals surface area contributed by atoms with E-state index in [1.807, 2.05) is 36.4 Å². The van der Waals surface area contributed by atoms with Crippen LogP contribution in [0, 0.1) is 11.3 Å². The van der Waals surface area contributed by atoms with Crippen LogP contribution in [-0.2, 0) is 9.53 Å². The highest BCUT2D eigenvalue weighted by Gasteiger charge is 2.42. The Morgan fingerprint density at radius 1 is 1.56 bits per heavy atom. The smallest absolute Gasteiger partial charge is 0.257 e. The molecule has 1 aliphatic rings. The molecular weight excluding hydrogens is 204 g/mol. The van der Waals surface area contributed by atoms with Gasteiger partial charge in [-0.15, -0.1) is 0 Å². The maximum atomic E-state index is 12.0. The lowest BCUT2D eigenvalue weighted by molar-refractivity contribution is -0.136. The largest absolute Gasteiger partial charge is 0.367 e. The van der Waals surface area contributed by atoms with Gasteiger partial charge in [-0.25, -0.2) is 0 Å². The molecule has 0 aliphatic carbocycles. The molecule has 82 valence electrons. The molecule has 1 amide bonds. The first kappa shape index (κ1) is 10.7. The number of amides is 1. The molecule has 0 saturated carbocycles. The number of nitrogens with zero attached hydrogens (tertiary/aromatic N) is 2. The highest BCUT2D eigenvalue weighted by Crippen LogP contribution is 2.26. The van der Waals surface area contributed by atoms with Crippen LogP contribution in [0.5, 0.6) is 0 Å². The molecule has 2 unspecified atom stereocenters. The van der Waals surface area contributed by atoms with Crippen molar-refractivity contribution in [3.63, 3.8) is 0 Å². The molecule has 2 atom stereocenters. The standard InChI is InChI=1S/C12H12N2O2/c1-16-11(9-5-3-2-4-6-9)12(15)14-8-10(14)7-13/h2-6,10-11H,8H2,1H3. The number of ether oxygens (including phenoxy) is 1. The summed E-state index contributed by atoms with van der Waals surface area (Å²) in [5.74, 6) is -0.139. The first-order valence-corrected chi connectivity index (χ1v) is 5.05. The van der Waals surface area contributed by atoms with Crippen molar-refractivity contribution in [3.05, 3.63) is 35.9 Å². The van der Waals surface area contributed by atoms with Crippen LogP contribution < -0.4 is 0 Å². The average molecular weight is 216 g/mol. The molecule has 1 aromatic carbocycles. The van der Waals surface area contributed by atoms with Gasteiger partial charge in [-0.1, -0.05) is 30.3 Å². The van der Waals surface area contributed by atoms with Crippen molar-refractivity contribution >= 4 is 5.91 Å². The zero-order chi connectivity index (χ0) is 11.5. The predicted molar refractivity (Wildman–Crippen MR) is 57.3 cm³/mol. The second-order valence-electron chi connectivity index (χ2n) is 3.66. The molecule has 4 nitrogen and oxygen atoms in total. The molecule has 1 saturated heterocycles. The van der Waals surface area contributed by atoms with E-state index in [1.54, 1.807) is 0 Å². The van der Waals surface area contributed by atoms with Gasteiger partial charge in [0.05, 0.1) is 12.6 Å². The summed E-state index contributed by atoms with van der Waals surface area (Å²) in [4.78, 5) is 13.5. The van der Waals surface area contributed by atoms with E-state index in [-0.39, 0.29) is 11.9 Å². The van der Waals surface area contributed by atoms with E-state index >= 15 is 0 Å². The molecule has 1 fully saturated rings. The Morgan fingerprint density at radius 3 is 2.75 bits per heavy atom. The van der Waals surface area contributed by atoms with Crippen molar-refractivity contribution in [2.24, 2.45) is 0 Å². The predicted octanol–water partition coefficient (Wildman–Crippen LogP) is 1.11. The van der Waals surface area contributed by atoms with Gasteiger partial charge in [0, 0.05) is 7.11 Å². The van der Waals surface area contributed by atoms with Crippen molar-refractivity contribution in [2.75, 3.05) is 13.7 Å². The summed E-state index contributed by atoms with van der Waals surface area (Å²) >= 11 is 0. The number of nitriles is 1. The first-order valence-electron chi connectivity index (χ1n) is 5.05. The Kier molecular flexibility index (Phi) is 2.88. The zero-order valence-corrected chi connectivity index (χ0v) is 8.96. The van der Waals surface area contributed by atoms with Crippen molar-refractivity contribution in [1.82, 2.24) is 4.90 Å². The van der Waals surface area contributed by atoms with Gasteiger partial charge >= 0.3 is 0 Å². The van der Waals surface area contributed by atoms with E-state index in [4.69, 9.17) is 10.00 Å². The van der Waals surface area contributed by atoms with Crippen LogP contribution in [0.15, 0.2) is 30.3 Å². The van der Waals surface area contributed by atoms with Gasteiger partial charge in [-0.05, 0) is 5.56 Å². The maximum absolute atomic E-state index is 12.0. The van der Waals surface area contributed by atoms with Gasteiger partial charge in [-0.2, -0.15) is 5.26 Å². The van der Waals surface area contributed by atoms with Crippen LogP contribution in [0.4, 0.5) is 0 Å². The second-order valence-corrected chi connectivity index (χ2v) is 3.66. The minimum Gasteiger partial charge on any atom is -0.367 e. The topological polar surface area (TPSA) is 53.1 Å². The summed E-state index contributed by atoms with van der Waals surface area (Å²) < 4.78 is 5.19. The summed E-state index contributed by atoms with van der Waals surface area (Å²) in [5.41, 5.74) is 0.818. The van der Waals surface area contributed by atoms with E-state index in [0.29, 0.717) is 6.54 Å². The molecule has 16 heavy (non-hydrogen) atoms. The normalized spacial score (nSPS) is 20.0. The molecule has 0 N–H and O–H groups in total. The highest BCUT2D eigenvalue weighted by atomic mass is 16.5. The average Bonchev–Trinajstić information content (AvgIpc) is 3.10. The number of rotatable bonds is 3. The van der Waals surface area contributed by atoms with Crippen molar-refractivity contribution in [1.29, 1.82) is 5.26 Å². The van der Waals surface area contributed by atoms with E-state index in [9.17, 15) is 4.79 Å². The Labute approximate surface area is 94.0 Å². The molecule has 2 rings (SSSR count). The quantitative estimate of drug-likeness (QED) is 0.711. The SMILES string of the molecule is COC(C(=O)N1CC1C#N)c1ccccc1. The summed E-state index contributed by atoms with van der Waals surface area (Å²) in [7, 11) is 1.50. The number of methoxy groups -OCH3 is 1. The lowest BCUT2D eigenvalue weighted by atomic mass is 10.1. The third kappa shape index (κ3) is 1.90. The Bertz CT molecular complexity index is 424. The highest BCUT2D eigenvalue weighted by molar-refractivity contribution is 5.85. The number of carbonyl (C=O) groups is 1. The van der Waals surface area contributed by atoms with Gasteiger partial charge in [0.2, 0.25) is 0 Å². The molecule has 4 heteroatoms. The molecule has 1 heterocycles. The molecule has 0 radical (unpaired) electrons. The van der Waals surface area contributed by atoms with Crippen LogP contribution >= 0.6 is 0 Å². The van der Waals surface area contributed by atoms with Crippen molar-refractivity contribution < 1.29 is 9.53 Å². The van der Waals surface area contributed by atoms with Gasteiger partial charge in [0.1, 0.15) is 6.04 Å². The fourth-order valence-electron chi connectivity index (χ4n) is 1.65. The van der Waals surface area contributed by atoms with Crippen molar-refractivity contribution in [2.45, 2.75) is 12.1 Å². The molecule has 0 bridgehead atoms. The zero-order valence-electron chi connectivity index (χ0n) is 8.96. The number of benzene rings is 1. The lowest BCUT2D eigenvalue weighted by Gasteiger charge is -2.14. The fourth-order valence-corrected chi connectivity index (χ4v) is 1.65. The van der Waals surface area contributed by atoms with E-state index in [1.165, 1.54) is 12.0 Å². The fraction of sp³-hybridized carbons (Fsp3) is 0.333. The Balaban J connectivity index is 2.13. The minimum absolute atomic E-state index is 0.139. The van der Waals surface area contributed by atoms with Crippen LogP contribution in [-0.4, -0.2) is 30.5 Å². The second kappa shape index (κ2) is 4.33. The van der Waals surface area contributed by atoms with Crippen LogP contribution in [0.3, 0.4) is 0 Å². The summed E-state index contributed by atoms with van der Waals surface area (Å²) in [6.45, 7) is 0.516. The summed E-state index contributed by atoms with van der Waals surface area (Å²) in [6.07, 6.45) is -0.598. The Hall–Kier alpha value is -1.86. The third-order valence-corrected chi connectivity index (χ3v) is 2.61. The first-order chi connectivity index (χ1) is 7.77. The molecular formula is C12H12N2O2.